The lowest BCUT2D eigenvalue weighted by Gasteiger charge is -2.60. The van der Waals surface area contributed by atoms with E-state index in [-0.39, 0.29) is 34.6 Å². The zero-order chi connectivity index (χ0) is 36.6. The van der Waals surface area contributed by atoms with Gasteiger partial charge < -0.3 is 19.7 Å². The third-order valence-corrected chi connectivity index (χ3v) is 12.2. The van der Waals surface area contributed by atoms with E-state index in [2.05, 4.69) is 15.1 Å². The summed E-state index contributed by atoms with van der Waals surface area (Å²) >= 11 is 0. The fourth-order valence-electron chi connectivity index (χ4n) is 9.56. The molecule has 4 aromatic rings. The molecule has 2 spiro atoms. The van der Waals surface area contributed by atoms with E-state index < -0.39 is 0 Å². The molecule has 9 rings (SSSR count). The first-order chi connectivity index (χ1) is 25.6. The molecule has 5 aliphatic rings. The first-order valence-corrected chi connectivity index (χ1v) is 18.5. The molecule has 4 fully saturated rings. The number of benzene rings is 2. The number of carbonyl (C=O) groups is 2. The molecule has 2 aromatic carbocycles. The molecular weight excluding hydrogens is 673 g/mol. The monoisotopic (exact) mass is 717 g/mol. The van der Waals surface area contributed by atoms with Crippen molar-refractivity contribution in [3.63, 3.8) is 0 Å². The second-order valence-electron chi connectivity index (χ2n) is 15.8. The van der Waals surface area contributed by atoms with Crippen LogP contribution in [0.2, 0.25) is 0 Å². The van der Waals surface area contributed by atoms with E-state index in [1.165, 1.54) is 0 Å². The standard InChI is InChI=1S/C41H44FN7O4/c1-24-27(7-5-8-28(24)32-16-43-33(38(45-32)52-3)17-47-18-40(19-47)20-48(21-40)25(2)50)29-9-6-10-30(37(29)42)31-15-26-11-12-34(36(26)39(44-31)53-4)49-22-41(23-49)14-13-35(51)46-41/h5-10,15-16,34H,11-14,17-23H2,1-4H3,(H,46,51)/t34-/m0/s1. The van der Waals surface area contributed by atoms with Gasteiger partial charge in [0.15, 0.2) is 0 Å². The van der Waals surface area contributed by atoms with Gasteiger partial charge in [0.25, 0.3) is 0 Å². The second kappa shape index (κ2) is 12.6. The average Bonchev–Trinajstić information content (AvgIpc) is 3.71. The molecule has 11 nitrogen and oxygen atoms in total. The average molecular weight is 718 g/mol. The number of fused-ring (bicyclic) bond motifs is 1. The molecule has 274 valence electrons. The summed E-state index contributed by atoms with van der Waals surface area (Å²) in [6.07, 6.45) is 5.03. The van der Waals surface area contributed by atoms with Crippen LogP contribution in [0.4, 0.5) is 4.39 Å². The number of hydrogen-bond acceptors (Lipinski definition) is 9. The zero-order valence-electron chi connectivity index (χ0n) is 30.7. The van der Waals surface area contributed by atoms with Crippen LogP contribution in [0.25, 0.3) is 33.6 Å². The summed E-state index contributed by atoms with van der Waals surface area (Å²) in [5.41, 5.74) is 7.66. The van der Waals surface area contributed by atoms with Crippen molar-refractivity contribution in [3.05, 3.63) is 76.9 Å². The van der Waals surface area contributed by atoms with Gasteiger partial charge in [0, 0.05) is 92.9 Å². The number of halogens is 1. The first-order valence-electron chi connectivity index (χ1n) is 18.5. The Balaban J connectivity index is 0.956. The number of amides is 2. The summed E-state index contributed by atoms with van der Waals surface area (Å²) in [7, 11) is 3.23. The van der Waals surface area contributed by atoms with Crippen molar-refractivity contribution >= 4 is 11.8 Å². The number of nitrogens with zero attached hydrogens (tertiary/aromatic N) is 6. The van der Waals surface area contributed by atoms with Crippen molar-refractivity contribution in [1.82, 2.24) is 35.0 Å². The second-order valence-corrected chi connectivity index (χ2v) is 15.8. The first kappa shape index (κ1) is 33.9. The minimum Gasteiger partial charge on any atom is -0.481 e. The maximum absolute atomic E-state index is 16.7. The van der Waals surface area contributed by atoms with Crippen molar-refractivity contribution < 1.29 is 23.5 Å². The van der Waals surface area contributed by atoms with Crippen LogP contribution in [-0.2, 0) is 22.6 Å². The molecular formula is C41H44FN7O4. The molecule has 1 N–H and O–H groups in total. The Kier molecular flexibility index (Phi) is 8.04. The number of aromatic nitrogens is 3. The predicted octanol–water partition coefficient (Wildman–Crippen LogP) is 4.95. The normalized spacial score (nSPS) is 21.2. The van der Waals surface area contributed by atoms with Crippen LogP contribution in [0.1, 0.15) is 54.6 Å². The van der Waals surface area contributed by atoms with Gasteiger partial charge in [-0.1, -0.05) is 30.3 Å². The third-order valence-electron chi connectivity index (χ3n) is 12.2. The van der Waals surface area contributed by atoms with Crippen molar-refractivity contribution in [2.75, 3.05) is 53.5 Å². The highest BCUT2D eigenvalue weighted by molar-refractivity contribution is 5.81. The fourth-order valence-corrected chi connectivity index (χ4v) is 9.56. The Labute approximate surface area is 308 Å². The van der Waals surface area contributed by atoms with E-state index in [0.717, 1.165) is 92.0 Å². The molecule has 1 aliphatic carbocycles. The molecule has 2 amide bonds. The molecule has 0 bridgehead atoms. The third kappa shape index (κ3) is 5.65. The lowest BCUT2D eigenvalue weighted by atomic mass is 9.73. The Morgan fingerprint density at radius 2 is 1.62 bits per heavy atom. The maximum Gasteiger partial charge on any atom is 0.237 e. The van der Waals surface area contributed by atoms with Gasteiger partial charge in [0.2, 0.25) is 23.6 Å². The van der Waals surface area contributed by atoms with E-state index >= 15 is 4.39 Å². The van der Waals surface area contributed by atoms with Crippen molar-refractivity contribution in [2.24, 2.45) is 5.41 Å². The molecule has 4 saturated heterocycles. The number of ether oxygens (including phenoxy) is 2. The Bertz CT molecular complexity index is 2150. The molecule has 0 saturated carbocycles. The van der Waals surface area contributed by atoms with Gasteiger partial charge in [-0.2, -0.15) is 0 Å². The van der Waals surface area contributed by atoms with Gasteiger partial charge in [0.05, 0.1) is 37.3 Å². The largest absolute Gasteiger partial charge is 0.481 e. The van der Waals surface area contributed by atoms with Gasteiger partial charge in [-0.05, 0) is 55.0 Å². The van der Waals surface area contributed by atoms with E-state index in [9.17, 15) is 9.59 Å². The minimum atomic E-state index is -0.345. The van der Waals surface area contributed by atoms with Crippen LogP contribution in [0.5, 0.6) is 11.8 Å². The molecule has 1 atom stereocenters. The summed E-state index contributed by atoms with van der Waals surface area (Å²) < 4.78 is 28.3. The van der Waals surface area contributed by atoms with E-state index in [0.29, 0.717) is 47.2 Å². The van der Waals surface area contributed by atoms with Gasteiger partial charge in [-0.15, -0.1) is 0 Å². The van der Waals surface area contributed by atoms with Crippen LogP contribution < -0.4 is 14.8 Å². The molecule has 4 aliphatic heterocycles. The summed E-state index contributed by atoms with van der Waals surface area (Å²) in [5.74, 6) is 0.934. The highest BCUT2D eigenvalue weighted by Crippen LogP contribution is 2.47. The Hall–Kier alpha value is -4.94. The number of rotatable bonds is 8. The van der Waals surface area contributed by atoms with Crippen LogP contribution in [0.3, 0.4) is 0 Å². The van der Waals surface area contributed by atoms with Crippen LogP contribution >= 0.6 is 0 Å². The van der Waals surface area contributed by atoms with Crippen molar-refractivity contribution in [2.45, 2.75) is 57.7 Å². The van der Waals surface area contributed by atoms with Gasteiger partial charge in [0.1, 0.15) is 11.5 Å². The van der Waals surface area contributed by atoms with E-state index in [4.69, 9.17) is 24.4 Å². The number of aryl methyl sites for hydroxylation is 1. The highest BCUT2D eigenvalue weighted by atomic mass is 19.1. The van der Waals surface area contributed by atoms with Gasteiger partial charge in [-0.25, -0.2) is 14.4 Å². The summed E-state index contributed by atoms with van der Waals surface area (Å²) in [5, 5.41) is 3.18. The van der Waals surface area contributed by atoms with Gasteiger partial charge in [-0.3, -0.25) is 24.4 Å². The predicted molar refractivity (Wildman–Crippen MR) is 197 cm³/mol. The topological polar surface area (TPSA) is 113 Å². The number of likely N-dealkylation sites (tertiary alicyclic amines) is 3. The number of hydrogen-bond donors (Lipinski definition) is 1. The SMILES string of the molecule is COc1nc(-c2cccc(-c3cccc(-c4cc5c(c(OC)n4)[C@@H](N4CC6(CCC(=O)N6)C4)CC5)c3F)c2C)cnc1CN1CC2(C1)CN(C(C)=O)C2. The number of nitrogens with one attached hydrogen (secondary N) is 1. The number of pyridine rings is 1. The lowest BCUT2D eigenvalue weighted by molar-refractivity contribution is -0.157. The minimum absolute atomic E-state index is 0.0999. The summed E-state index contributed by atoms with van der Waals surface area (Å²) in [4.78, 5) is 44.7. The van der Waals surface area contributed by atoms with Crippen LogP contribution in [0.15, 0.2) is 48.7 Å². The molecule has 12 heteroatoms. The number of methoxy groups -OCH3 is 2. The maximum atomic E-state index is 16.7. The van der Waals surface area contributed by atoms with Gasteiger partial charge >= 0.3 is 0 Å². The molecule has 2 aromatic heterocycles. The number of carbonyl (C=O) groups excluding carboxylic acids is 2. The summed E-state index contributed by atoms with van der Waals surface area (Å²) in [6, 6.07) is 13.5. The van der Waals surface area contributed by atoms with Crippen molar-refractivity contribution in [1.29, 1.82) is 0 Å². The van der Waals surface area contributed by atoms with E-state index in [1.54, 1.807) is 39.5 Å². The highest BCUT2D eigenvalue weighted by Gasteiger charge is 2.53. The Morgan fingerprint density at radius 3 is 2.32 bits per heavy atom. The lowest BCUT2D eigenvalue weighted by Crippen LogP contribution is -2.72. The quantitative estimate of drug-likeness (QED) is 0.271. The fraction of sp³-hybridized carbons (Fsp3) is 0.439. The molecule has 0 unspecified atom stereocenters. The molecule has 6 heterocycles. The van der Waals surface area contributed by atoms with E-state index in [1.807, 2.05) is 42.2 Å². The zero-order valence-corrected chi connectivity index (χ0v) is 30.7. The Morgan fingerprint density at radius 1 is 0.925 bits per heavy atom. The van der Waals surface area contributed by atoms with Crippen LogP contribution in [0, 0.1) is 18.2 Å². The van der Waals surface area contributed by atoms with Crippen LogP contribution in [-0.4, -0.2) is 100 Å². The smallest absolute Gasteiger partial charge is 0.237 e. The molecule has 53 heavy (non-hydrogen) atoms. The molecule has 0 radical (unpaired) electrons. The van der Waals surface area contributed by atoms with Crippen molar-refractivity contribution in [3.8, 4) is 45.4 Å². The summed E-state index contributed by atoms with van der Waals surface area (Å²) in [6.45, 7) is 9.36.